The molecule has 1 heterocycles. The van der Waals surface area contributed by atoms with Crippen molar-refractivity contribution in [2.24, 2.45) is 0 Å². The summed E-state index contributed by atoms with van der Waals surface area (Å²) in [5, 5.41) is 10.2. The van der Waals surface area contributed by atoms with Crippen molar-refractivity contribution < 1.29 is 9.84 Å². The van der Waals surface area contributed by atoms with Gasteiger partial charge in [-0.15, -0.1) is 0 Å². The molecule has 0 spiro atoms. The Morgan fingerprint density at radius 1 is 1.05 bits per heavy atom. The molecular formula is C18H28N2O2. The van der Waals surface area contributed by atoms with Crippen molar-refractivity contribution in [2.45, 2.75) is 37.9 Å². The second-order valence-corrected chi connectivity index (χ2v) is 6.52. The molecule has 1 aliphatic heterocycles. The Hall–Kier alpha value is -1.10. The standard InChI is InChI=1S/C18H28N2O2/c21-17(15-22-18-8-4-5-9-18)14-19-10-12-20(13-11-19)16-6-2-1-3-7-16/h1-3,6-7,17-18,21H,4-5,8-15H2. The first-order chi connectivity index (χ1) is 10.8. The van der Waals surface area contributed by atoms with Gasteiger partial charge >= 0.3 is 0 Å². The van der Waals surface area contributed by atoms with Gasteiger partial charge in [0.25, 0.3) is 0 Å². The zero-order chi connectivity index (χ0) is 15.2. The average molecular weight is 304 g/mol. The van der Waals surface area contributed by atoms with E-state index in [0.717, 1.165) is 32.7 Å². The Balaban J connectivity index is 1.36. The molecule has 1 aromatic carbocycles. The van der Waals surface area contributed by atoms with Gasteiger partial charge in [-0.2, -0.15) is 0 Å². The van der Waals surface area contributed by atoms with Gasteiger partial charge in [0.15, 0.2) is 0 Å². The monoisotopic (exact) mass is 304 g/mol. The van der Waals surface area contributed by atoms with Crippen LogP contribution in [0.15, 0.2) is 30.3 Å². The Kier molecular flexibility index (Phi) is 5.70. The van der Waals surface area contributed by atoms with Gasteiger partial charge in [-0.25, -0.2) is 0 Å². The largest absolute Gasteiger partial charge is 0.389 e. The van der Waals surface area contributed by atoms with Gasteiger partial charge in [0.1, 0.15) is 0 Å². The summed E-state index contributed by atoms with van der Waals surface area (Å²) in [6.45, 7) is 5.30. The van der Waals surface area contributed by atoms with Crippen molar-refractivity contribution in [3.63, 3.8) is 0 Å². The molecule has 4 heteroatoms. The fourth-order valence-electron chi connectivity index (χ4n) is 3.48. The summed E-state index contributed by atoms with van der Waals surface area (Å²) in [7, 11) is 0. The van der Waals surface area contributed by atoms with Crippen LogP contribution < -0.4 is 4.90 Å². The molecule has 2 aliphatic rings. The molecule has 1 atom stereocenters. The van der Waals surface area contributed by atoms with Gasteiger partial charge in [0.05, 0.1) is 18.8 Å². The Morgan fingerprint density at radius 3 is 2.41 bits per heavy atom. The third-order valence-corrected chi connectivity index (χ3v) is 4.79. The topological polar surface area (TPSA) is 35.9 Å². The molecule has 1 N–H and O–H groups in total. The first-order valence-corrected chi connectivity index (χ1v) is 8.63. The molecule has 1 aliphatic carbocycles. The summed E-state index contributed by atoms with van der Waals surface area (Å²) in [4.78, 5) is 4.76. The minimum atomic E-state index is -0.358. The van der Waals surface area contributed by atoms with Crippen molar-refractivity contribution in [1.29, 1.82) is 0 Å². The van der Waals surface area contributed by atoms with Crippen LogP contribution in [0.2, 0.25) is 0 Å². The average Bonchev–Trinajstić information content (AvgIpc) is 3.08. The number of nitrogens with zero attached hydrogens (tertiary/aromatic N) is 2. The Morgan fingerprint density at radius 2 is 1.73 bits per heavy atom. The fourth-order valence-corrected chi connectivity index (χ4v) is 3.48. The van der Waals surface area contributed by atoms with E-state index in [1.807, 2.05) is 0 Å². The second kappa shape index (κ2) is 7.95. The first kappa shape index (κ1) is 15.8. The lowest BCUT2D eigenvalue weighted by molar-refractivity contribution is -0.0188. The van der Waals surface area contributed by atoms with Crippen LogP contribution in [-0.4, -0.2) is 61.5 Å². The molecule has 0 aromatic heterocycles. The van der Waals surface area contributed by atoms with E-state index in [4.69, 9.17) is 4.74 Å². The molecule has 0 bridgehead atoms. The molecule has 1 saturated heterocycles. The van der Waals surface area contributed by atoms with Crippen molar-refractivity contribution in [3.8, 4) is 0 Å². The van der Waals surface area contributed by atoms with E-state index >= 15 is 0 Å². The quantitative estimate of drug-likeness (QED) is 0.873. The predicted octanol–water partition coefficient (Wildman–Crippen LogP) is 2.13. The van der Waals surface area contributed by atoms with Gasteiger partial charge in [0.2, 0.25) is 0 Å². The molecule has 4 nitrogen and oxygen atoms in total. The number of para-hydroxylation sites is 1. The van der Waals surface area contributed by atoms with Crippen LogP contribution in [0.4, 0.5) is 5.69 Å². The molecule has 22 heavy (non-hydrogen) atoms. The lowest BCUT2D eigenvalue weighted by atomic mass is 10.2. The fraction of sp³-hybridized carbons (Fsp3) is 0.667. The number of anilines is 1. The Labute approximate surface area is 133 Å². The zero-order valence-corrected chi connectivity index (χ0v) is 13.4. The van der Waals surface area contributed by atoms with Crippen molar-refractivity contribution in [1.82, 2.24) is 4.90 Å². The summed E-state index contributed by atoms with van der Waals surface area (Å²) in [5.74, 6) is 0. The Bertz CT molecular complexity index is 426. The number of aliphatic hydroxyl groups excluding tert-OH is 1. The number of hydrogen-bond donors (Lipinski definition) is 1. The molecule has 122 valence electrons. The maximum Gasteiger partial charge on any atom is 0.0900 e. The van der Waals surface area contributed by atoms with Crippen LogP contribution in [0, 0.1) is 0 Å². The predicted molar refractivity (Wildman–Crippen MR) is 89.3 cm³/mol. The summed E-state index contributed by atoms with van der Waals surface area (Å²) in [6, 6.07) is 10.6. The van der Waals surface area contributed by atoms with Gasteiger partial charge < -0.3 is 14.7 Å². The van der Waals surface area contributed by atoms with Crippen molar-refractivity contribution >= 4 is 5.69 Å². The van der Waals surface area contributed by atoms with Gasteiger partial charge in [0, 0.05) is 38.4 Å². The normalized spacial score (nSPS) is 22.1. The highest BCUT2D eigenvalue weighted by atomic mass is 16.5. The van der Waals surface area contributed by atoms with Gasteiger partial charge in [-0.3, -0.25) is 4.90 Å². The molecule has 1 unspecified atom stereocenters. The second-order valence-electron chi connectivity index (χ2n) is 6.52. The van der Waals surface area contributed by atoms with Crippen molar-refractivity contribution in [3.05, 3.63) is 30.3 Å². The van der Waals surface area contributed by atoms with E-state index in [9.17, 15) is 5.11 Å². The van der Waals surface area contributed by atoms with E-state index < -0.39 is 0 Å². The van der Waals surface area contributed by atoms with Crippen LogP contribution in [-0.2, 0) is 4.74 Å². The summed E-state index contributed by atoms with van der Waals surface area (Å²) >= 11 is 0. The molecule has 3 rings (SSSR count). The van der Waals surface area contributed by atoms with E-state index in [0.29, 0.717) is 12.7 Å². The van der Waals surface area contributed by atoms with E-state index in [-0.39, 0.29) is 6.10 Å². The lowest BCUT2D eigenvalue weighted by Crippen LogP contribution is -2.49. The third kappa shape index (κ3) is 4.45. The number of hydrogen-bond acceptors (Lipinski definition) is 4. The van der Waals surface area contributed by atoms with Crippen LogP contribution >= 0.6 is 0 Å². The van der Waals surface area contributed by atoms with E-state index in [1.165, 1.54) is 31.4 Å². The number of benzene rings is 1. The molecule has 1 saturated carbocycles. The van der Waals surface area contributed by atoms with Gasteiger partial charge in [-0.1, -0.05) is 31.0 Å². The van der Waals surface area contributed by atoms with Crippen LogP contribution in [0.3, 0.4) is 0 Å². The molecular weight excluding hydrogens is 276 g/mol. The van der Waals surface area contributed by atoms with E-state index in [2.05, 4.69) is 40.1 Å². The summed E-state index contributed by atoms with van der Waals surface area (Å²) in [6.07, 6.45) is 4.93. The lowest BCUT2D eigenvalue weighted by Gasteiger charge is -2.37. The maximum absolute atomic E-state index is 10.2. The van der Waals surface area contributed by atoms with Gasteiger partial charge in [-0.05, 0) is 25.0 Å². The zero-order valence-electron chi connectivity index (χ0n) is 13.4. The molecule has 2 fully saturated rings. The number of rotatable bonds is 6. The summed E-state index contributed by atoms with van der Waals surface area (Å²) in [5.41, 5.74) is 1.30. The van der Waals surface area contributed by atoms with Crippen LogP contribution in [0.1, 0.15) is 25.7 Å². The maximum atomic E-state index is 10.2. The van der Waals surface area contributed by atoms with Crippen LogP contribution in [0.25, 0.3) is 0 Å². The molecule has 0 amide bonds. The number of aliphatic hydroxyl groups is 1. The van der Waals surface area contributed by atoms with Crippen molar-refractivity contribution in [2.75, 3.05) is 44.2 Å². The smallest absolute Gasteiger partial charge is 0.0900 e. The highest BCUT2D eigenvalue weighted by Crippen LogP contribution is 2.21. The minimum absolute atomic E-state index is 0.358. The number of piperazine rings is 1. The molecule has 0 radical (unpaired) electrons. The van der Waals surface area contributed by atoms with Crippen LogP contribution in [0.5, 0.6) is 0 Å². The minimum Gasteiger partial charge on any atom is -0.389 e. The third-order valence-electron chi connectivity index (χ3n) is 4.79. The summed E-state index contributed by atoms with van der Waals surface area (Å²) < 4.78 is 5.81. The first-order valence-electron chi connectivity index (χ1n) is 8.63. The molecule has 1 aromatic rings. The number of β-amino-alcohol motifs (C(OH)–C–C–N with tert-alkyl or cyclic N) is 1. The van der Waals surface area contributed by atoms with E-state index in [1.54, 1.807) is 0 Å². The number of ether oxygens (including phenoxy) is 1. The SMILES string of the molecule is OC(COC1CCCC1)CN1CCN(c2ccccc2)CC1. The highest BCUT2D eigenvalue weighted by molar-refractivity contribution is 5.46. The highest BCUT2D eigenvalue weighted by Gasteiger charge is 2.21.